The molecule has 0 aliphatic carbocycles. The lowest BCUT2D eigenvalue weighted by atomic mass is 10.0. The number of benzene rings is 2. The molecule has 130 valence electrons. The average molecular weight is 400 g/mol. The predicted octanol–water partition coefficient (Wildman–Crippen LogP) is 4.68. The Bertz CT molecular complexity index is 901. The molecule has 2 aromatic rings. The van der Waals surface area contributed by atoms with E-state index in [1.165, 1.54) is 19.1 Å². The van der Waals surface area contributed by atoms with E-state index in [-0.39, 0.29) is 20.8 Å². The summed E-state index contributed by atoms with van der Waals surface area (Å²) in [6.45, 7) is 3.27. The van der Waals surface area contributed by atoms with Crippen LogP contribution in [-0.4, -0.2) is 17.4 Å². The number of fused-ring (bicyclic) bond motifs is 1. The number of anilines is 2. The molecule has 0 spiro atoms. The number of rotatable bonds is 2. The first-order valence-electron chi connectivity index (χ1n) is 7.28. The van der Waals surface area contributed by atoms with Crippen molar-refractivity contribution in [2.75, 3.05) is 10.6 Å². The largest absolute Gasteiger partial charge is 0.466 e. The van der Waals surface area contributed by atoms with Crippen molar-refractivity contribution in [2.24, 2.45) is 0 Å². The average Bonchev–Trinajstić information content (AvgIpc) is 2.54. The molecular formula is C17H13Cl3N2O3. The number of hydrogen-bond acceptors (Lipinski definition) is 3. The fraction of sp³-hybridized carbons (Fsp3) is 0.176. The number of amides is 2. The van der Waals surface area contributed by atoms with Crippen molar-refractivity contribution in [3.8, 4) is 5.75 Å². The first-order valence-corrected chi connectivity index (χ1v) is 8.41. The Morgan fingerprint density at radius 3 is 2.52 bits per heavy atom. The molecule has 1 heterocycles. The lowest BCUT2D eigenvalue weighted by Crippen LogP contribution is -2.56. The van der Waals surface area contributed by atoms with Gasteiger partial charge in [-0.15, -0.1) is 0 Å². The molecule has 1 unspecified atom stereocenters. The van der Waals surface area contributed by atoms with Gasteiger partial charge in [0.15, 0.2) is 0 Å². The Hall–Kier alpha value is -1.95. The maximum absolute atomic E-state index is 12.7. The van der Waals surface area contributed by atoms with Crippen molar-refractivity contribution in [2.45, 2.75) is 19.4 Å². The van der Waals surface area contributed by atoms with Crippen LogP contribution >= 0.6 is 34.8 Å². The monoisotopic (exact) mass is 398 g/mol. The molecule has 5 nitrogen and oxygen atoms in total. The van der Waals surface area contributed by atoms with E-state index in [1.807, 2.05) is 13.0 Å². The Balaban J connectivity index is 1.90. The fourth-order valence-corrected chi connectivity index (χ4v) is 2.94. The number of aryl methyl sites for hydroxylation is 1. The fourth-order valence-electron chi connectivity index (χ4n) is 2.35. The van der Waals surface area contributed by atoms with Crippen LogP contribution in [0.3, 0.4) is 0 Å². The molecule has 0 fully saturated rings. The van der Waals surface area contributed by atoms with E-state index >= 15 is 0 Å². The SMILES string of the molecule is Cc1ccc2c(c1)NC(=O)C(C)(C(=O)Nc1cc(Cl)c(Cl)cc1Cl)O2. The van der Waals surface area contributed by atoms with Crippen molar-refractivity contribution in [1.82, 2.24) is 0 Å². The highest BCUT2D eigenvalue weighted by molar-refractivity contribution is 6.44. The molecule has 1 aliphatic rings. The predicted molar refractivity (Wildman–Crippen MR) is 98.9 cm³/mol. The quantitative estimate of drug-likeness (QED) is 0.569. The van der Waals surface area contributed by atoms with Gasteiger partial charge >= 0.3 is 0 Å². The molecule has 1 atom stereocenters. The molecule has 2 N–H and O–H groups in total. The summed E-state index contributed by atoms with van der Waals surface area (Å²) in [5.74, 6) is -0.862. The van der Waals surface area contributed by atoms with Crippen LogP contribution in [0.1, 0.15) is 12.5 Å². The van der Waals surface area contributed by atoms with E-state index in [0.29, 0.717) is 11.4 Å². The Morgan fingerprint density at radius 2 is 1.80 bits per heavy atom. The van der Waals surface area contributed by atoms with Crippen molar-refractivity contribution in [1.29, 1.82) is 0 Å². The summed E-state index contributed by atoms with van der Waals surface area (Å²) < 4.78 is 5.69. The lowest BCUT2D eigenvalue weighted by Gasteiger charge is -2.33. The van der Waals surface area contributed by atoms with Crippen molar-refractivity contribution in [3.63, 3.8) is 0 Å². The van der Waals surface area contributed by atoms with Gasteiger partial charge in [-0.05, 0) is 43.7 Å². The Labute approximate surface area is 159 Å². The van der Waals surface area contributed by atoms with E-state index in [1.54, 1.807) is 12.1 Å². The molecule has 3 rings (SSSR count). The number of halogens is 3. The van der Waals surface area contributed by atoms with Gasteiger partial charge < -0.3 is 15.4 Å². The Kier molecular flexibility index (Phi) is 4.58. The third kappa shape index (κ3) is 3.27. The van der Waals surface area contributed by atoms with Gasteiger partial charge in [0.2, 0.25) is 0 Å². The zero-order valence-electron chi connectivity index (χ0n) is 13.2. The molecule has 2 aromatic carbocycles. The maximum Gasteiger partial charge on any atom is 0.278 e. The van der Waals surface area contributed by atoms with E-state index in [2.05, 4.69) is 10.6 Å². The van der Waals surface area contributed by atoms with Gasteiger partial charge in [0.1, 0.15) is 5.75 Å². The minimum Gasteiger partial charge on any atom is -0.466 e. The molecular weight excluding hydrogens is 387 g/mol. The van der Waals surface area contributed by atoms with E-state index < -0.39 is 17.4 Å². The summed E-state index contributed by atoms with van der Waals surface area (Å²) in [5, 5.41) is 5.92. The number of carbonyl (C=O) groups excluding carboxylic acids is 2. The van der Waals surface area contributed by atoms with Crippen LogP contribution in [0, 0.1) is 6.92 Å². The zero-order valence-corrected chi connectivity index (χ0v) is 15.5. The van der Waals surface area contributed by atoms with Crippen molar-refractivity contribution < 1.29 is 14.3 Å². The molecule has 25 heavy (non-hydrogen) atoms. The first kappa shape index (κ1) is 17.9. The van der Waals surface area contributed by atoms with E-state index in [4.69, 9.17) is 39.5 Å². The van der Waals surface area contributed by atoms with E-state index in [9.17, 15) is 9.59 Å². The van der Waals surface area contributed by atoms with E-state index in [0.717, 1.165) is 5.56 Å². The summed E-state index contributed by atoms with van der Waals surface area (Å²) in [7, 11) is 0. The molecule has 0 saturated heterocycles. The zero-order chi connectivity index (χ0) is 18.4. The first-order chi connectivity index (χ1) is 11.7. The van der Waals surface area contributed by atoms with Crippen LogP contribution in [0.15, 0.2) is 30.3 Å². The molecule has 0 radical (unpaired) electrons. The van der Waals surface area contributed by atoms with Gasteiger partial charge in [-0.25, -0.2) is 0 Å². The van der Waals surface area contributed by atoms with Crippen LogP contribution in [-0.2, 0) is 9.59 Å². The van der Waals surface area contributed by atoms with Crippen LogP contribution in [0.4, 0.5) is 11.4 Å². The van der Waals surface area contributed by atoms with Gasteiger partial charge in [-0.1, -0.05) is 40.9 Å². The molecule has 0 bridgehead atoms. The highest BCUT2D eigenvalue weighted by Gasteiger charge is 2.47. The topological polar surface area (TPSA) is 67.4 Å². The number of ether oxygens (including phenoxy) is 1. The molecule has 8 heteroatoms. The van der Waals surface area contributed by atoms with Crippen LogP contribution in [0.25, 0.3) is 0 Å². The molecule has 1 aliphatic heterocycles. The number of nitrogens with one attached hydrogen (secondary N) is 2. The highest BCUT2D eigenvalue weighted by Crippen LogP contribution is 2.36. The summed E-state index contributed by atoms with van der Waals surface area (Å²) in [5.41, 5.74) is -0.0629. The van der Waals surface area contributed by atoms with Gasteiger partial charge in [0, 0.05) is 0 Å². The Morgan fingerprint density at radius 1 is 1.12 bits per heavy atom. The number of hydrogen-bond donors (Lipinski definition) is 2. The van der Waals surface area contributed by atoms with Gasteiger partial charge in [-0.3, -0.25) is 9.59 Å². The second-order valence-electron chi connectivity index (χ2n) is 5.79. The minimum absolute atomic E-state index is 0.193. The van der Waals surface area contributed by atoms with Gasteiger partial charge in [0.05, 0.1) is 26.4 Å². The van der Waals surface area contributed by atoms with Gasteiger partial charge in [0.25, 0.3) is 17.4 Å². The normalized spacial score (nSPS) is 18.8. The van der Waals surface area contributed by atoms with Crippen molar-refractivity contribution in [3.05, 3.63) is 51.0 Å². The molecule has 2 amide bonds. The summed E-state index contributed by atoms with van der Waals surface area (Å²) >= 11 is 17.9. The van der Waals surface area contributed by atoms with Crippen LogP contribution in [0.5, 0.6) is 5.75 Å². The second-order valence-corrected chi connectivity index (χ2v) is 7.01. The third-order valence-electron chi connectivity index (χ3n) is 3.82. The van der Waals surface area contributed by atoms with Crippen LogP contribution in [0.2, 0.25) is 15.1 Å². The smallest absolute Gasteiger partial charge is 0.278 e. The number of carbonyl (C=O) groups is 2. The summed E-state index contributed by atoms with van der Waals surface area (Å²) in [6, 6.07) is 8.10. The summed E-state index contributed by atoms with van der Waals surface area (Å²) in [4.78, 5) is 25.1. The van der Waals surface area contributed by atoms with Crippen molar-refractivity contribution >= 4 is 58.0 Å². The lowest BCUT2D eigenvalue weighted by molar-refractivity contribution is -0.143. The highest BCUT2D eigenvalue weighted by atomic mass is 35.5. The van der Waals surface area contributed by atoms with Gasteiger partial charge in [-0.2, -0.15) is 0 Å². The molecule has 0 saturated carbocycles. The summed E-state index contributed by atoms with van der Waals surface area (Å²) in [6.07, 6.45) is 0. The standard InChI is InChI=1S/C17H13Cl3N2O3/c1-8-3-4-14-13(5-8)22-16(24)17(2,25-14)15(23)21-12-7-10(19)9(18)6-11(12)20/h3-7H,1-2H3,(H,21,23)(H,22,24). The molecule has 0 aromatic heterocycles. The third-order valence-corrected chi connectivity index (χ3v) is 4.86. The van der Waals surface area contributed by atoms with Crippen LogP contribution < -0.4 is 15.4 Å². The minimum atomic E-state index is -1.77. The maximum atomic E-state index is 12.7. The second kappa shape index (κ2) is 6.41.